The lowest BCUT2D eigenvalue weighted by molar-refractivity contribution is 0.349. The molecule has 0 atom stereocenters. The molecule has 0 aromatic carbocycles. The minimum atomic E-state index is -3.44. The molecule has 0 unspecified atom stereocenters. The van der Waals surface area contributed by atoms with Gasteiger partial charge in [0.1, 0.15) is 10.7 Å². The first-order chi connectivity index (χ1) is 8.47. The minimum Gasteiger partial charge on any atom is -0.373 e. The molecule has 6 heteroatoms. The number of aromatic nitrogens is 1. The fraction of sp³-hybridized carbons (Fsp3) is 0.583. The van der Waals surface area contributed by atoms with E-state index in [-0.39, 0.29) is 10.9 Å². The van der Waals surface area contributed by atoms with Gasteiger partial charge in [-0.1, -0.05) is 13.8 Å². The summed E-state index contributed by atoms with van der Waals surface area (Å²) in [4.78, 5) is 4.27. The molecule has 1 aromatic heterocycles. The van der Waals surface area contributed by atoms with Crippen molar-refractivity contribution in [3.8, 4) is 0 Å². The summed E-state index contributed by atoms with van der Waals surface area (Å²) in [5.74, 6) is 0.652. The van der Waals surface area contributed by atoms with E-state index in [4.69, 9.17) is 0 Å². The lowest BCUT2D eigenvalue weighted by Crippen LogP contribution is -2.36. The summed E-state index contributed by atoms with van der Waals surface area (Å²) >= 11 is 0. The van der Waals surface area contributed by atoms with E-state index in [0.29, 0.717) is 5.82 Å². The van der Waals surface area contributed by atoms with Crippen LogP contribution in [0, 0.1) is 0 Å². The van der Waals surface area contributed by atoms with Crippen LogP contribution >= 0.6 is 0 Å². The van der Waals surface area contributed by atoms with Crippen molar-refractivity contribution in [1.29, 1.82) is 0 Å². The molecule has 0 saturated heterocycles. The van der Waals surface area contributed by atoms with E-state index in [1.807, 2.05) is 13.8 Å². The summed E-state index contributed by atoms with van der Waals surface area (Å²) in [6.07, 6.45) is 2.99. The Morgan fingerprint density at radius 1 is 1.33 bits per heavy atom. The molecule has 0 saturated carbocycles. The Morgan fingerprint density at radius 2 is 1.94 bits per heavy atom. The normalized spacial score (nSPS) is 12.1. The fourth-order valence-electron chi connectivity index (χ4n) is 1.85. The minimum absolute atomic E-state index is 0.0268. The molecule has 1 aromatic rings. The van der Waals surface area contributed by atoms with Gasteiger partial charge in [0.05, 0.1) is 0 Å². The number of pyridine rings is 1. The maximum absolute atomic E-state index is 12.4. The molecular weight excluding hydrogens is 250 g/mol. The topological polar surface area (TPSA) is 62.3 Å². The lowest BCUT2D eigenvalue weighted by atomic mass is 10.2. The summed E-state index contributed by atoms with van der Waals surface area (Å²) < 4.78 is 26.1. The van der Waals surface area contributed by atoms with Crippen LogP contribution in [0.5, 0.6) is 0 Å². The number of hydrogen-bond donors (Lipinski definition) is 1. The highest BCUT2D eigenvalue weighted by Crippen LogP contribution is 2.19. The van der Waals surface area contributed by atoms with Gasteiger partial charge in [-0.25, -0.2) is 13.4 Å². The monoisotopic (exact) mass is 271 g/mol. The maximum atomic E-state index is 12.4. The molecule has 1 rings (SSSR count). The quantitative estimate of drug-likeness (QED) is 0.859. The molecule has 1 N–H and O–H groups in total. The van der Waals surface area contributed by atoms with E-state index < -0.39 is 10.0 Å². The highest BCUT2D eigenvalue weighted by atomic mass is 32.2. The maximum Gasteiger partial charge on any atom is 0.244 e. The van der Waals surface area contributed by atoms with E-state index in [1.165, 1.54) is 10.5 Å². The molecular formula is C12H21N3O2S. The molecule has 18 heavy (non-hydrogen) atoms. The van der Waals surface area contributed by atoms with Gasteiger partial charge in [0, 0.05) is 26.3 Å². The van der Waals surface area contributed by atoms with Crippen molar-refractivity contribution in [3.05, 3.63) is 18.3 Å². The van der Waals surface area contributed by atoms with Crippen LogP contribution in [0.3, 0.4) is 0 Å². The van der Waals surface area contributed by atoms with E-state index in [0.717, 1.165) is 12.8 Å². The fourth-order valence-corrected chi connectivity index (χ4v) is 3.30. The molecule has 102 valence electrons. The number of nitrogens with zero attached hydrogens (tertiary/aromatic N) is 2. The molecule has 0 aliphatic carbocycles. The van der Waals surface area contributed by atoms with Gasteiger partial charge in [-0.05, 0) is 25.0 Å². The SMILES string of the molecule is CCC(CC)N(C)S(=O)(=O)c1ccc(NC)nc1. The Labute approximate surface area is 109 Å². The summed E-state index contributed by atoms with van der Waals surface area (Å²) in [5.41, 5.74) is 0. The third kappa shape index (κ3) is 3.00. The molecule has 0 amide bonds. The molecule has 0 aliphatic heterocycles. The second kappa shape index (κ2) is 6.15. The van der Waals surface area contributed by atoms with Crippen LogP contribution in [0.25, 0.3) is 0 Å². The van der Waals surface area contributed by atoms with Gasteiger partial charge in [0.25, 0.3) is 0 Å². The smallest absolute Gasteiger partial charge is 0.244 e. The number of rotatable bonds is 6. The van der Waals surface area contributed by atoms with Crippen LogP contribution in [-0.4, -0.2) is 37.8 Å². The highest BCUT2D eigenvalue weighted by Gasteiger charge is 2.26. The van der Waals surface area contributed by atoms with Crippen molar-refractivity contribution in [2.24, 2.45) is 0 Å². The third-order valence-electron chi connectivity index (χ3n) is 3.13. The van der Waals surface area contributed by atoms with Crippen molar-refractivity contribution in [2.75, 3.05) is 19.4 Å². The highest BCUT2D eigenvalue weighted by molar-refractivity contribution is 7.89. The first-order valence-electron chi connectivity index (χ1n) is 6.09. The lowest BCUT2D eigenvalue weighted by Gasteiger charge is -2.25. The first-order valence-corrected chi connectivity index (χ1v) is 7.53. The van der Waals surface area contributed by atoms with Gasteiger partial charge in [-0.15, -0.1) is 0 Å². The predicted octanol–water partition coefficient (Wildman–Crippen LogP) is 1.93. The van der Waals surface area contributed by atoms with Gasteiger partial charge in [0.2, 0.25) is 10.0 Å². The summed E-state index contributed by atoms with van der Waals surface area (Å²) in [7, 11) is -0.0775. The predicted molar refractivity (Wildman–Crippen MR) is 73.1 cm³/mol. The van der Waals surface area contributed by atoms with E-state index in [1.54, 1.807) is 26.2 Å². The van der Waals surface area contributed by atoms with Crippen LogP contribution in [0.15, 0.2) is 23.2 Å². The van der Waals surface area contributed by atoms with Gasteiger partial charge in [0.15, 0.2) is 0 Å². The van der Waals surface area contributed by atoms with Crippen molar-refractivity contribution < 1.29 is 8.42 Å². The summed E-state index contributed by atoms with van der Waals surface area (Å²) in [5, 5.41) is 2.86. The second-order valence-electron chi connectivity index (χ2n) is 4.12. The van der Waals surface area contributed by atoms with E-state index >= 15 is 0 Å². The standard InChI is InChI=1S/C12H21N3O2S/c1-5-10(6-2)15(4)18(16,17)11-7-8-12(13-3)14-9-11/h7-10H,5-6H2,1-4H3,(H,13,14). The molecule has 0 bridgehead atoms. The van der Waals surface area contributed by atoms with Crippen molar-refractivity contribution >= 4 is 15.8 Å². The third-order valence-corrected chi connectivity index (χ3v) is 5.02. The van der Waals surface area contributed by atoms with Gasteiger partial charge < -0.3 is 5.32 Å². The number of hydrogen-bond acceptors (Lipinski definition) is 4. The average Bonchev–Trinajstić information content (AvgIpc) is 2.40. The number of anilines is 1. The van der Waals surface area contributed by atoms with E-state index in [2.05, 4.69) is 10.3 Å². The number of sulfonamides is 1. The molecule has 0 fully saturated rings. The van der Waals surface area contributed by atoms with Crippen LogP contribution in [-0.2, 0) is 10.0 Å². The van der Waals surface area contributed by atoms with E-state index in [9.17, 15) is 8.42 Å². The average molecular weight is 271 g/mol. The van der Waals surface area contributed by atoms with Crippen molar-refractivity contribution in [1.82, 2.24) is 9.29 Å². The van der Waals surface area contributed by atoms with Gasteiger partial charge in [-0.3, -0.25) is 0 Å². The Balaban J connectivity index is 3.04. The van der Waals surface area contributed by atoms with Crippen LogP contribution in [0.1, 0.15) is 26.7 Å². The molecule has 1 heterocycles. The molecule has 5 nitrogen and oxygen atoms in total. The largest absolute Gasteiger partial charge is 0.373 e. The zero-order chi connectivity index (χ0) is 13.8. The van der Waals surface area contributed by atoms with Crippen LogP contribution in [0.4, 0.5) is 5.82 Å². The van der Waals surface area contributed by atoms with Crippen LogP contribution in [0.2, 0.25) is 0 Å². The van der Waals surface area contributed by atoms with Crippen molar-refractivity contribution in [2.45, 2.75) is 37.6 Å². The molecule has 0 radical (unpaired) electrons. The summed E-state index contributed by atoms with van der Waals surface area (Å²) in [6.45, 7) is 3.98. The zero-order valence-corrected chi connectivity index (χ0v) is 12.2. The first kappa shape index (κ1) is 14.9. The Hall–Kier alpha value is -1.14. The second-order valence-corrected chi connectivity index (χ2v) is 6.12. The zero-order valence-electron chi connectivity index (χ0n) is 11.3. The molecule has 0 aliphatic rings. The number of nitrogens with one attached hydrogen (secondary N) is 1. The molecule has 0 spiro atoms. The Morgan fingerprint density at radius 3 is 2.33 bits per heavy atom. The Kier molecular flexibility index (Phi) is 5.10. The summed E-state index contributed by atoms with van der Waals surface area (Å²) in [6, 6.07) is 3.26. The van der Waals surface area contributed by atoms with Gasteiger partial charge >= 0.3 is 0 Å². The van der Waals surface area contributed by atoms with Crippen LogP contribution < -0.4 is 5.32 Å². The van der Waals surface area contributed by atoms with Gasteiger partial charge in [-0.2, -0.15) is 4.31 Å². The Bertz CT molecular complexity index is 467. The van der Waals surface area contributed by atoms with Crippen molar-refractivity contribution in [3.63, 3.8) is 0 Å².